The first-order valence-electron chi connectivity index (χ1n) is 9.98. The van der Waals surface area contributed by atoms with E-state index in [1.54, 1.807) is 31.4 Å². The van der Waals surface area contributed by atoms with Crippen LogP contribution in [0.2, 0.25) is 0 Å². The molecular weight excluding hydrogens is 394 g/mol. The Labute approximate surface area is 180 Å². The number of hydrogen-bond acceptors (Lipinski definition) is 4. The van der Waals surface area contributed by atoms with Gasteiger partial charge >= 0.3 is 6.03 Å². The van der Waals surface area contributed by atoms with Gasteiger partial charge in [-0.3, -0.25) is 4.79 Å². The zero-order valence-electron chi connectivity index (χ0n) is 18.2. The van der Waals surface area contributed by atoms with E-state index in [-0.39, 0.29) is 23.0 Å². The van der Waals surface area contributed by atoms with Crippen LogP contribution in [0, 0.1) is 0 Å². The first-order chi connectivity index (χ1) is 14.7. The zero-order valence-corrected chi connectivity index (χ0v) is 18.2. The molecule has 0 spiro atoms. The predicted octanol–water partition coefficient (Wildman–Crippen LogP) is 4.84. The van der Waals surface area contributed by atoms with Gasteiger partial charge in [-0.25, -0.2) is 4.79 Å². The molecule has 0 atom stereocenters. The molecule has 2 aromatic carbocycles. The van der Waals surface area contributed by atoms with Crippen LogP contribution in [0.5, 0.6) is 11.5 Å². The molecule has 31 heavy (non-hydrogen) atoms. The van der Waals surface area contributed by atoms with Crippen molar-refractivity contribution in [3.63, 3.8) is 0 Å². The quantitative estimate of drug-likeness (QED) is 0.530. The number of rotatable bonds is 3. The van der Waals surface area contributed by atoms with Crippen molar-refractivity contribution in [2.24, 2.45) is 0 Å². The first-order valence-corrected chi connectivity index (χ1v) is 9.98. The number of amides is 2. The van der Waals surface area contributed by atoms with E-state index < -0.39 is 0 Å². The maximum Gasteiger partial charge on any atom is 0.318 e. The van der Waals surface area contributed by atoms with Crippen LogP contribution in [-0.4, -0.2) is 31.0 Å². The maximum absolute atomic E-state index is 13.1. The Morgan fingerprint density at radius 3 is 2.61 bits per heavy atom. The Balaban J connectivity index is 1.79. The summed E-state index contributed by atoms with van der Waals surface area (Å²) in [4.78, 5) is 28.2. The lowest BCUT2D eigenvalue weighted by Gasteiger charge is -2.18. The van der Waals surface area contributed by atoms with Crippen LogP contribution in [0.15, 0.2) is 42.2 Å². The molecule has 2 heterocycles. The van der Waals surface area contributed by atoms with Gasteiger partial charge in [0.1, 0.15) is 11.5 Å². The normalized spacial score (nSPS) is 14.5. The second-order valence-electron chi connectivity index (χ2n) is 8.43. The monoisotopic (exact) mass is 419 g/mol. The summed E-state index contributed by atoms with van der Waals surface area (Å²) in [5.74, 6) is 1.21. The van der Waals surface area contributed by atoms with Gasteiger partial charge in [0.05, 0.1) is 12.7 Å². The number of fused-ring (bicyclic) bond motifs is 2. The molecule has 0 saturated carbocycles. The fraction of sp³-hybridized carbons (Fsp3) is 0.250. The first kappa shape index (κ1) is 20.5. The second kappa shape index (κ2) is 7.50. The summed E-state index contributed by atoms with van der Waals surface area (Å²) in [5.41, 5.74) is 3.59. The minimum absolute atomic E-state index is 0.183. The Morgan fingerprint density at radius 1 is 1.16 bits per heavy atom. The van der Waals surface area contributed by atoms with Crippen LogP contribution in [0.1, 0.15) is 42.4 Å². The van der Waals surface area contributed by atoms with Crippen molar-refractivity contribution in [3.05, 3.63) is 59.0 Å². The Morgan fingerprint density at radius 2 is 1.94 bits per heavy atom. The predicted molar refractivity (Wildman–Crippen MR) is 121 cm³/mol. The third kappa shape index (κ3) is 3.74. The van der Waals surface area contributed by atoms with E-state index in [2.05, 4.69) is 36.4 Å². The smallest absolute Gasteiger partial charge is 0.318 e. The molecule has 1 aromatic heterocycles. The van der Waals surface area contributed by atoms with E-state index in [1.165, 1.54) is 7.05 Å². The van der Waals surface area contributed by atoms with Crippen molar-refractivity contribution in [1.82, 2.24) is 10.3 Å². The Hall–Kier alpha value is -3.74. The van der Waals surface area contributed by atoms with Gasteiger partial charge in [-0.15, -0.1) is 0 Å². The molecule has 1 aliphatic rings. The average molecular weight is 419 g/mol. The van der Waals surface area contributed by atoms with Gasteiger partial charge < -0.3 is 25.1 Å². The highest BCUT2D eigenvalue weighted by atomic mass is 16.5. The molecular formula is C24H25N3O4. The van der Waals surface area contributed by atoms with Gasteiger partial charge in [-0.1, -0.05) is 20.8 Å². The number of anilines is 1. The van der Waals surface area contributed by atoms with E-state index in [9.17, 15) is 9.59 Å². The van der Waals surface area contributed by atoms with Crippen LogP contribution >= 0.6 is 0 Å². The highest BCUT2D eigenvalue weighted by Crippen LogP contribution is 2.38. The van der Waals surface area contributed by atoms with Crippen LogP contribution in [0.4, 0.5) is 10.5 Å². The Bertz CT molecular complexity index is 1230. The summed E-state index contributed by atoms with van der Waals surface area (Å²) in [5, 5.41) is 6.11. The largest absolute Gasteiger partial charge is 0.497 e. The molecule has 0 aliphatic carbocycles. The van der Waals surface area contributed by atoms with Gasteiger partial charge in [0.2, 0.25) is 5.78 Å². The number of ether oxygens (including phenoxy) is 2. The SMILES string of the molecule is CNC(=O)Nc1ccc2c(c1)C(=O)/C(=C/c1c(C(C)(C)C)[nH]c3ccc(OC)cc13)O2. The molecule has 3 aromatic rings. The molecule has 1 aliphatic heterocycles. The molecule has 0 saturated heterocycles. The summed E-state index contributed by atoms with van der Waals surface area (Å²) in [6.07, 6.45) is 1.78. The van der Waals surface area contributed by atoms with E-state index in [4.69, 9.17) is 9.47 Å². The van der Waals surface area contributed by atoms with E-state index in [1.807, 2.05) is 18.2 Å². The summed E-state index contributed by atoms with van der Waals surface area (Å²) < 4.78 is 11.3. The number of methoxy groups -OCH3 is 1. The van der Waals surface area contributed by atoms with E-state index in [0.29, 0.717) is 17.0 Å². The van der Waals surface area contributed by atoms with Gasteiger partial charge in [-0.05, 0) is 42.5 Å². The molecule has 160 valence electrons. The number of carbonyl (C=O) groups is 2. The number of H-pyrrole nitrogens is 1. The van der Waals surface area contributed by atoms with Gasteiger partial charge in [0.25, 0.3) is 0 Å². The fourth-order valence-corrected chi connectivity index (χ4v) is 3.65. The number of nitrogens with one attached hydrogen (secondary N) is 3. The topological polar surface area (TPSA) is 92.5 Å². The fourth-order valence-electron chi connectivity index (χ4n) is 3.65. The highest BCUT2D eigenvalue weighted by molar-refractivity contribution is 6.16. The number of aromatic nitrogens is 1. The van der Waals surface area contributed by atoms with Crippen LogP contribution in [0.3, 0.4) is 0 Å². The number of Topliss-reactive ketones (excluding diaryl/α,β-unsaturated/α-hetero) is 1. The third-order valence-electron chi connectivity index (χ3n) is 5.22. The minimum atomic E-state index is -0.357. The van der Waals surface area contributed by atoms with Crippen molar-refractivity contribution in [2.45, 2.75) is 26.2 Å². The molecule has 0 radical (unpaired) electrons. The number of ketones is 1. The van der Waals surface area contributed by atoms with Crippen molar-refractivity contribution in [1.29, 1.82) is 0 Å². The third-order valence-corrected chi connectivity index (χ3v) is 5.22. The van der Waals surface area contributed by atoms with E-state index in [0.717, 1.165) is 27.9 Å². The molecule has 0 unspecified atom stereocenters. The van der Waals surface area contributed by atoms with Crippen LogP contribution in [0.25, 0.3) is 17.0 Å². The summed E-state index contributed by atoms with van der Waals surface area (Å²) in [6.45, 7) is 6.33. The molecule has 0 bridgehead atoms. The highest BCUT2D eigenvalue weighted by Gasteiger charge is 2.30. The lowest BCUT2D eigenvalue weighted by molar-refractivity contribution is 0.101. The molecule has 7 heteroatoms. The maximum atomic E-state index is 13.1. The Kier molecular flexibility index (Phi) is 4.97. The summed E-state index contributed by atoms with van der Waals surface area (Å²) in [6, 6.07) is 10.5. The lowest BCUT2D eigenvalue weighted by Crippen LogP contribution is -2.24. The van der Waals surface area contributed by atoms with Crippen molar-refractivity contribution in [3.8, 4) is 11.5 Å². The molecule has 4 rings (SSSR count). The number of urea groups is 1. The molecule has 2 amide bonds. The number of benzene rings is 2. The lowest BCUT2D eigenvalue weighted by atomic mass is 9.88. The van der Waals surface area contributed by atoms with Crippen LogP contribution in [-0.2, 0) is 5.41 Å². The number of aromatic amines is 1. The van der Waals surface area contributed by atoms with Crippen molar-refractivity contribution < 1.29 is 19.1 Å². The second-order valence-corrected chi connectivity index (χ2v) is 8.43. The molecule has 7 nitrogen and oxygen atoms in total. The van der Waals surface area contributed by atoms with Crippen molar-refractivity contribution >= 4 is 34.5 Å². The van der Waals surface area contributed by atoms with Crippen molar-refractivity contribution in [2.75, 3.05) is 19.5 Å². The van der Waals surface area contributed by atoms with Gasteiger partial charge in [-0.2, -0.15) is 0 Å². The minimum Gasteiger partial charge on any atom is -0.497 e. The number of carbonyl (C=O) groups excluding carboxylic acids is 2. The molecule has 3 N–H and O–H groups in total. The number of allylic oxidation sites excluding steroid dienone is 1. The average Bonchev–Trinajstić information content (AvgIpc) is 3.26. The summed E-state index contributed by atoms with van der Waals surface area (Å²) >= 11 is 0. The standard InChI is InChI=1S/C24H25N3O4/c1-24(2,3)22-16(15-11-14(30-5)7-8-18(15)27-22)12-20-21(28)17-10-13(26-23(29)25-4)6-9-19(17)31-20/h6-12,27H,1-5H3,(H2,25,26,29)/b20-12-. The van der Waals surface area contributed by atoms with Gasteiger partial charge in [0, 0.05) is 40.3 Å². The summed E-state index contributed by atoms with van der Waals surface area (Å²) in [7, 11) is 3.15. The van der Waals surface area contributed by atoms with Crippen LogP contribution < -0.4 is 20.1 Å². The zero-order chi connectivity index (χ0) is 22.3. The van der Waals surface area contributed by atoms with E-state index >= 15 is 0 Å². The van der Waals surface area contributed by atoms with Gasteiger partial charge in [0.15, 0.2) is 5.76 Å². The number of hydrogen-bond donors (Lipinski definition) is 3. The molecule has 0 fully saturated rings.